The number of thioether (sulfide) groups is 1. The van der Waals surface area contributed by atoms with E-state index < -0.39 is 29.7 Å². The molecule has 0 bridgehead atoms. The number of nitrogens with one attached hydrogen (secondary N) is 1. The van der Waals surface area contributed by atoms with Crippen LogP contribution in [0.2, 0.25) is 0 Å². The molecule has 0 aromatic heterocycles. The van der Waals surface area contributed by atoms with E-state index in [0.29, 0.717) is 16.9 Å². The molecule has 3 rings (SSSR count). The first kappa shape index (κ1) is 22.1. The van der Waals surface area contributed by atoms with Crippen LogP contribution in [0.3, 0.4) is 0 Å². The maximum absolute atomic E-state index is 13.4. The van der Waals surface area contributed by atoms with E-state index >= 15 is 0 Å². The van der Waals surface area contributed by atoms with Crippen LogP contribution in [-0.4, -0.2) is 44.8 Å². The molecule has 0 saturated carbocycles. The summed E-state index contributed by atoms with van der Waals surface area (Å²) in [7, 11) is 0. The predicted octanol–water partition coefficient (Wildman–Crippen LogP) is 3.14. The number of halogens is 1. The molecular formula is C22H21FN2O3S2. The van der Waals surface area contributed by atoms with Crippen molar-refractivity contribution in [3.8, 4) is 0 Å². The largest absolute Gasteiger partial charge is 0.394 e. The van der Waals surface area contributed by atoms with Gasteiger partial charge in [-0.1, -0.05) is 66.4 Å². The van der Waals surface area contributed by atoms with Gasteiger partial charge in [0, 0.05) is 0 Å². The van der Waals surface area contributed by atoms with Crippen molar-refractivity contribution >= 4 is 46.2 Å². The number of rotatable bonds is 7. The van der Waals surface area contributed by atoms with Gasteiger partial charge in [0.05, 0.1) is 17.6 Å². The first-order valence-electron chi connectivity index (χ1n) is 9.37. The Balaban J connectivity index is 1.69. The van der Waals surface area contributed by atoms with Crippen LogP contribution >= 0.6 is 24.0 Å². The number of hydrogen-bond acceptors (Lipinski definition) is 5. The van der Waals surface area contributed by atoms with Gasteiger partial charge < -0.3 is 10.4 Å². The Morgan fingerprint density at radius 3 is 2.67 bits per heavy atom. The average molecular weight is 445 g/mol. The number of amides is 2. The van der Waals surface area contributed by atoms with Gasteiger partial charge in [-0.15, -0.1) is 0 Å². The molecule has 156 valence electrons. The molecule has 30 heavy (non-hydrogen) atoms. The van der Waals surface area contributed by atoms with Gasteiger partial charge in [0.15, 0.2) is 0 Å². The van der Waals surface area contributed by atoms with Crippen molar-refractivity contribution < 1.29 is 19.1 Å². The fourth-order valence-electron chi connectivity index (χ4n) is 3.06. The molecule has 1 saturated heterocycles. The molecule has 0 radical (unpaired) electrons. The Labute approximate surface area is 184 Å². The van der Waals surface area contributed by atoms with E-state index in [4.69, 9.17) is 12.2 Å². The van der Waals surface area contributed by atoms with Crippen LogP contribution in [-0.2, 0) is 16.0 Å². The van der Waals surface area contributed by atoms with Crippen molar-refractivity contribution in [3.63, 3.8) is 0 Å². The minimum Gasteiger partial charge on any atom is -0.394 e. The smallest absolute Gasteiger partial charge is 0.266 e. The summed E-state index contributed by atoms with van der Waals surface area (Å²) in [4.78, 5) is 27.1. The van der Waals surface area contributed by atoms with Crippen molar-refractivity contribution in [3.05, 3.63) is 76.4 Å². The molecule has 2 N–H and O–H groups in total. The minimum atomic E-state index is -0.847. The standard InChI is InChI=1S/C22H21FN2O3S2/c1-14(20(27)24-18(13-26)11-15-6-3-2-4-7-15)25-21(28)19(30-22(25)29)12-16-8-5-9-17(23)10-16/h2-10,12,14,18,26H,11,13H2,1H3,(H,24,27)/b19-12-/t14?,18-/m1/s1. The van der Waals surface area contributed by atoms with Crippen molar-refractivity contribution in [2.45, 2.75) is 25.4 Å². The number of aliphatic hydroxyl groups excluding tert-OH is 1. The van der Waals surface area contributed by atoms with E-state index in [9.17, 15) is 19.1 Å². The SMILES string of the molecule is CC(C(=O)N[C@@H](CO)Cc1ccccc1)N1C(=O)/C(=C/c2cccc(F)c2)SC1=S. The van der Waals surface area contributed by atoms with Crippen LogP contribution in [0.4, 0.5) is 4.39 Å². The van der Waals surface area contributed by atoms with Gasteiger partial charge in [0.25, 0.3) is 5.91 Å². The highest BCUT2D eigenvalue weighted by molar-refractivity contribution is 8.26. The normalized spacial score (nSPS) is 17.3. The fourth-order valence-corrected chi connectivity index (χ4v) is 4.48. The summed E-state index contributed by atoms with van der Waals surface area (Å²) in [5, 5.41) is 12.4. The predicted molar refractivity (Wildman–Crippen MR) is 120 cm³/mol. The van der Waals surface area contributed by atoms with Crippen molar-refractivity contribution in [2.75, 3.05) is 6.61 Å². The molecule has 2 aromatic carbocycles. The van der Waals surface area contributed by atoms with E-state index in [0.717, 1.165) is 17.3 Å². The second-order valence-electron chi connectivity index (χ2n) is 6.86. The Hall–Kier alpha value is -2.55. The zero-order chi connectivity index (χ0) is 21.7. The lowest BCUT2D eigenvalue weighted by atomic mass is 10.1. The number of carbonyl (C=O) groups excluding carboxylic acids is 2. The molecular weight excluding hydrogens is 423 g/mol. The number of benzene rings is 2. The molecule has 1 fully saturated rings. The van der Waals surface area contributed by atoms with Gasteiger partial charge in [0.2, 0.25) is 5.91 Å². The minimum absolute atomic E-state index is 0.231. The summed E-state index contributed by atoms with van der Waals surface area (Å²) in [5.74, 6) is -1.21. The highest BCUT2D eigenvalue weighted by Crippen LogP contribution is 2.34. The number of hydrogen-bond donors (Lipinski definition) is 2. The second-order valence-corrected chi connectivity index (χ2v) is 8.54. The summed E-state index contributed by atoms with van der Waals surface area (Å²) in [6, 6.07) is 14.0. The van der Waals surface area contributed by atoms with Gasteiger partial charge in [-0.05, 0) is 42.7 Å². The molecule has 0 aliphatic carbocycles. The lowest BCUT2D eigenvalue weighted by molar-refractivity contribution is -0.132. The Morgan fingerprint density at radius 1 is 1.27 bits per heavy atom. The molecule has 8 heteroatoms. The van der Waals surface area contributed by atoms with Crippen LogP contribution in [0.25, 0.3) is 6.08 Å². The Bertz CT molecular complexity index is 981. The third kappa shape index (κ3) is 5.33. The molecule has 1 aliphatic rings. The van der Waals surface area contributed by atoms with Gasteiger partial charge in [-0.25, -0.2) is 4.39 Å². The fraction of sp³-hybridized carbons (Fsp3) is 0.227. The second kappa shape index (κ2) is 9.97. The molecule has 0 spiro atoms. The van der Waals surface area contributed by atoms with E-state index in [1.807, 2.05) is 30.3 Å². The van der Waals surface area contributed by atoms with Crippen molar-refractivity contribution in [1.82, 2.24) is 10.2 Å². The molecule has 2 amide bonds. The molecule has 1 unspecified atom stereocenters. The molecule has 1 heterocycles. The maximum Gasteiger partial charge on any atom is 0.266 e. The number of nitrogens with zero attached hydrogens (tertiary/aromatic N) is 1. The van der Waals surface area contributed by atoms with Crippen LogP contribution < -0.4 is 5.32 Å². The first-order valence-corrected chi connectivity index (χ1v) is 10.6. The summed E-state index contributed by atoms with van der Waals surface area (Å²) < 4.78 is 13.7. The van der Waals surface area contributed by atoms with E-state index in [-0.39, 0.29) is 10.9 Å². The molecule has 2 aromatic rings. The summed E-state index contributed by atoms with van der Waals surface area (Å²) in [6.45, 7) is 1.35. The highest BCUT2D eigenvalue weighted by Gasteiger charge is 2.38. The molecule has 2 atom stereocenters. The van der Waals surface area contributed by atoms with Gasteiger partial charge in [-0.3, -0.25) is 14.5 Å². The first-order chi connectivity index (χ1) is 14.4. The van der Waals surface area contributed by atoms with Crippen LogP contribution in [0.1, 0.15) is 18.1 Å². The third-order valence-corrected chi connectivity index (χ3v) is 5.96. The van der Waals surface area contributed by atoms with Gasteiger partial charge >= 0.3 is 0 Å². The lowest BCUT2D eigenvalue weighted by Gasteiger charge is -2.25. The van der Waals surface area contributed by atoms with Crippen LogP contribution in [0.5, 0.6) is 0 Å². The topological polar surface area (TPSA) is 69.6 Å². The Morgan fingerprint density at radius 2 is 2.00 bits per heavy atom. The maximum atomic E-state index is 13.4. The zero-order valence-corrected chi connectivity index (χ0v) is 17.9. The lowest BCUT2D eigenvalue weighted by Crippen LogP contribution is -2.51. The average Bonchev–Trinajstić information content (AvgIpc) is 3.00. The summed E-state index contributed by atoms with van der Waals surface area (Å²) >= 11 is 6.38. The Kier molecular flexibility index (Phi) is 7.36. The highest BCUT2D eigenvalue weighted by atomic mass is 32.2. The van der Waals surface area contributed by atoms with Gasteiger partial charge in [-0.2, -0.15) is 0 Å². The monoisotopic (exact) mass is 444 g/mol. The number of aliphatic hydroxyl groups is 1. The molecule has 1 aliphatic heterocycles. The van der Waals surface area contributed by atoms with Crippen molar-refractivity contribution in [2.24, 2.45) is 0 Å². The van der Waals surface area contributed by atoms with Crippen molar-refractivity contribution in [1.29, 1.82) is 0 Å². The number of carbonyl (C=O) groups is 2. The molecule has 5 nitrogen and oxygen atoms in total. The zero-order valence-electron chi connectivity index (χ0n) is 16.2. The van der Waals surface area contributed by atoms with Crippen LogP contribution in [0.15, 0.2) is 59.5 Å². The van der Waals surface area contributed by atoms with Gasteiger partial charge in [0.1, 0.15) is 16.2 Å². The summed E-state index contributed by atoms with van der Waals surface area (Å²) in [6.07, 6.45) is 2.02. The third-order valence-electron chi connectivity index (χ3n) is 4.63. The van der Waals surface area contributed by atoms with Crippen LogP contribution in [0, 0.1) is 5.82 Å². The number of thiocarbonyl (C=S) groups is 1. The quantitative estimate of drug-likeness (QED) is 0.507. The van der Waals surface area contributed by atoms with E-state index in [1.165, 1.54) is 17.0 Å². The van der Waals surface area contributed by atoms with E-state index in [1.54, 1.807) is 25.1 Å². The van der Waals surface area contributed by atoms with E-state index in [2.05, 4.69) is 5.32 Å². The summed E-state index contributed by atoms with van der Waals surface area (Å²) in [5.41, 5.74) is 1.52.